The molecule has 0 spiro atoms. The number of carbonyl (C=O) groups is 1. The number of hydrogen-bond acceptors (Lipinski definition) is 3. The smallest absolute Gasteiger partial charge is 0.335 e. The fourth-order valence-electron chi connectivity index (χ4n) is 3.55. The topological polar surface area (TPSA) is 41.4 Å². The molecule has 1 fully saturated rings. The van der Waals surface area contributed by atoms with Gasteiger partial charge in [0.25, 0.3) is 5.91 Å². The van der Waals surface area contributed by atoms with E-state index in [0.717, 1.165) is 6.07 Å². The van der Waals surface area contributed by atoms with Gasteiger partial charge in [0.05, 0.1) is 11.3 Å². The fourth-order valence-corrected chi connectivity index (χ4v) is 3.55. The average molecular weight is 432 g/mol. The Labute approximate surface area is 176 Å². The number of carbonyl (C=O) groups excluding carboxylic acids is 1. The van der Waals surface area contributed by atoms with Gasteiger partial charge in [-0.05, 0) is 42.0 Å². The number of benzene rings is 2. The quantitative estimate of drug-likeness (QED) is 0.586. The van der Waals surface area contributed by atoms with E-state index in [1.807, 2.05) is 4.90 Å². The van der Waals surface area contributed by atoms with Crippen LogP contribution in [0.1, 0.15) is 21.6 Å². The van der Waals surface area contributed by atoms with Gasteiger partial charge in [-0.15, -0.1) is 0 Å². The standard InChI is InChI=1S/C22H20F4N4O/c23-18-4-6-19(7-5-18)30-9-8-20(27-30)21(31)29-12-10-28(11-13-29)15-16-2-1-3-17(14-16)22(24,25)26/h1-9,14H,10-13,15H2. The van der Waals surface area contributed by atoms with E-state index < -0.39 is 11.7 Å². The van der Waals surface area contributed by atoms with E-state index in [2.05, 4.69) is 5.10 Å². The van der Waals surface area contributed by atoms with Crippen molar-refractivity contribution in [2.24, 2.45) is 0 Å². The van der Waals surface area contributed by atoms with Gasteiger partial charge in [0, 0.05) is 38.9 Å². The molecule has 0 bridgehead atoms. The number of amides is 1. The lowest BCUT2D eigenvalue weighted by atomic mass is 10.1. The van der Waals surface area contributed by atoms with Crippen LogP contribution in [0.2, 0.25) is 0 Å². The minimum Gasteiger partial charge on any atom is -0.335 e. The first-order valence-corrected chi connectivity index (χ1v) is 9.79. The molecule has 0 saturated carbocycles. The van der Waals surface area contributed by atoms with Gasteiger partial charge >= 0.3 is 6.18 Å². The van der Waals surface area contributed by atoms with Gasteiger partial charge in [-0.2, -0.15) is 18.3 Å². The predicted molar refractivity (Wildman–Crippen MR) is 106 cm³/mol. The van der Waals surface area contributed by atoms with Gasteiger partial charge in [-0.25, -0.2) is 9.07 Å². The van der Waals surface area contributed by atoms with E-state index in [0.29, 0.717) is 44.0 Å². The predicted octanol–water partition coefficient (Wildman–Crippen LogP) is 3.99. The Hall–Kier alpha value is -3.20. The van der Waals surface area contributed by atoms with Crippen LogP contribution in [-0.4, -0.2) is 51.7 Å². The molecule has 5 nitrogen and oxygen atoms in total. The Morgan fingerprint density at radius 3 is 2.35 bits per heavy atom. The molecule has 31 heavy (non-hydrogen) atoms. The molecule has 4 rings (SSSR count). The molecule has 2 aromatic carbocycles. The summed E-state index contributed by atoms with van der Waals surface area (Å²) in [5.74, 6) is -0.560. The summed E-state index contributed by atoms with van der Waals surface area (Å²) < 4.78 is 53.3. The van der Waals surface area contributed by atoms with Gasteiger partial charge in [-0.3, -0.25) is 9.69 Å². The lowest BCUT2D eigenvalue weighted by Gasteiger charge is -2.34. The van der Waals surface area contributed by atoms with Gasteiger partial charge < -0.3 is 4.90 Å². The van der Waals surface area contributed by atoms with Gasteiger partial charge in [0.1, 0.15) is 5.82 Å². The summed E-state index contributed by atoms with van der Waals surface area (Å²) in [7, 11) is 0. The van der Waals surface area contributed by atoms with E-state index in [1.54, 1.807) is 35.4 Å². The molecule has 0 unspecified atom stereocenters. The first kappa shape index (κ1) is 21.0. The second-order valence-corrected chi connectivity index (χ2v) is 7.39. The molecular formula is C22H20F4N4O. The number of aromatic nitrogens is 2. The second-order valence-electron chi connectivity index (χ2n) is 7.39. The Kier molecular flexibility index (Phi) is 5.77. The van der Waals surface area contributed by atoms with E-state index in [-0.39, 0.29) is 17.4 Å². The highest BCUT2D eigenvalue weighted by atomic mass is 19.4. The van der Waals surface area contributed by atoms with Crippen LogP contribution in [0, 0.1) is 5.82 Å². The Bertz CT molecular complexity index is 1050. The molecule has 0 atom stereocenters. The summed E-state index contributed by atoms with van der Waals surface area (Å²) in [6.07, 6.45) is -2.72. The highest BCUT2D eigenvalue weighted by molar-refractivity contribution is 5.92. The number of hydrogen-bond donors (Lipinski definition) is 0. The maximum absolute atomic E-state index is 13.1. The highest BCUT2D eigenvalue weighted by Crippen LogP contribution is 2.29. The molecular weight excluding hydrogens is 412 g/mol. The molecule has 0 aliphatic carbocycles. The number of nitrogens with zero attached hydrogens (tertiary/aromatic N) is 4. The van der Waals surface area contributed by atoms with Crippen LogP contribution in [-0.2, 0) is 12.7 Å². The lowest BCUT2D eigenvalue weighted by molar-refractivity contribution is -0.137. The summed E-state index contributed by atoms with van der Waals surface area (Å²) in [5, 5.41) is 4.29. The minimum atomic E-state index is -4.36. The third-order valence-electron chi connectivity index (χ3n) is 5.22. The normalized spacial score (nSPS) is 15.3. The lowest BCUT2D eigenvalue weighted by Crippen LogP contribution is -2.48. The molecule has 3 aromatic rings. The van der Waals surface area contributed by atoms with Crippen molar-refractivity contribution in [2.45, 2.75) is 12.7 Å². The molecule has 1 aliphatic heterocycles. The zero-order chi connectivity index (χ0) is 22.0. The van der Waals surface area contributed by atoms with Crippen molar-refractivity contribution >= 4 is 5.91 Å². The van der Waals surface area contributed by atoms with Gasteiger partial charge in [0.2, 0.25) is 0 Å². The largest absolute Gasteiger partial charge is 0.416 e. The van der Waals surface area contributed by atoms with E-state index in [9.17, 15) is 22.4 Å². The Morgan fingerprint density at radius 1 is 0.968 bits per heavy atom. The summed E-state index contributed by atoms with van der Waals surface area (Å²) in [6.45, 7) is 2.43. The van der Waals surface area contributed by atoms with E-state index in [1.165, 1.54) is 28.9 Å². The molecule has 0 N–H and O–H groups in total. The number of rotatable bonds is 4. The molecule has 1 aliphatic rings. The number of alkyl halides is 3. The van der Waals surface area contributed by atoms with Crippen LogP contribution in [0.3, 0.4) is 0 Å². The maximum Gasteiger partial charge on any atom is 0.416 e. The SMILES string of the molecule is O=C(c1ccn(-c2ccc(F)cc2)n1)N1CCN(Cc2cccc(C(F)(F)F)c2)CC1. The van der Waals surface area contributed by atoms with E-state index >= 15 is 0 Å². The third-order valence-corrected chi connectivity index (χ3v) is 5.22. The summed E-state index contributed by atoms with van der Waals surface area (Å²) in [6, 6.07) is 12.7. The van der Waals surface area contributed by atoms with Crippen molar-refractivity contribution in [3.8, 4) is 5.69 Å². The molecule has 1 saturated heterocycles. The van der Waals surface area contributed by atoms with Crippen molar-refractivity contribution in [3.05, 3.63) is 83.4 Å². The molecule has 2 heterocycles. The number of piperazine rings is 1. The summed E-state index contributed by atoms with van der Waals surface area (Å²) in [5.41, 5.74) is 0.866. The Morgan fingerprint density at radius 2 is 1.68 bits per heavy atom. The van der Waals surface area contributed by atoms with Crippen LogP contribution in [0.5, 0.6) is 0 Å². The monoisotopic (exact) mass is 432 g/mol. The highest BCUT2D eigenvalue weighted by Gasteiger charge is 2.30. The zero-order valence-electron chi connectivity index (χ0n) is 16.5. The maximum atomic E-state index is 13.1. The van der Waals surface area contributed by atoms with Crippen molar-refractivity contribution in [1.82, 2.24) is 19.6 Å². The van der Waals surface area contributed by atoms with Crippen molar-refractivity contribution < 1.29 is 22.4 Å². The van der Waals surface area contributed by atoms with Crippen LogP contribution >= 0.6 is 0 Å². The fraction of sp³-hybridized carbons (Fsp3) is 0.273. The number of halogens is 4. The third kappa shape index (κ3) is 4.93. The van der Waals surface area contributed by atoms with Crippen molar-refractivity contribution in [1.29, 1.82) is 0 Å². The van der Waals surface area contributed by atoms with Crippen LogP contribution in [0.4, 0.5) is 17.6 Å². The first-order chi connectivity index (χ1) is 14.8. The second kappa shape index (κ2) is 8.50. The Balaban J connectivity index is 1.35. The van der Waals surface area contributed by atoms with Crippen LogP contribution in [0.25, 0.3) is 5.69 Å². The molecule has 162 valence electrons. The molecule has 1 aromatic heterocycles. The van der Waals surface area contributed by atoms with Crippen molar-refractivity contribution in [2.75, 3.05) is 26.2 Å². The minimum absolute atomic E-state index is 0.209. The van der Waals surface area contributed by atoms with E-state index in [4.69, 9.17) is 0 Å². The van der Waals surface area contributed by atoms with Gasteiger partial charge in [0.15, 0.2) is 5.69 Å². The van der Waals surface area contributed by atoms with Crippen LogP contribution < -0.4 is 0 Å². The zero-order valence-corrected chi connectivity index (χ0v) is 16.5. The first-order valence-electron chi connectivity index (χ1n) is 9.79. The molecule has 0 radical (unpaired) electrons. The van der Waals surface area contributed by atoms with Gasteiger partial charge in [-0.1, -0.05) is 18.2 Å². The molecule has 9 heteroatoms. The van der Waals surface area contributed by atoms with Crippen LogP contribution in [0.15, 0.2) is 60.8 Å². The summed E-state index contributed by atoms with van der Waals surface area (Å²) in [4.78, 5) is 16.5. The van der Waals surface area contributed by atoms with Crippen molar-refractivity contribution in [3.63, 3.8) is 0 Å². The molecule has 1 amide bonds. The average Bonchev–Trinajstić information content (AvgIpc) is 3.24. The summed E-state index contributed by atoms with van der Waals surface area (Å²) >= 11 is 0.